The van der Waals surface area contributed by atoms with E-state index in [2.05, 4.69) is 67.7 Å². The van der Waals surface area contributed by atoms with Crippen molar-refractivity contribution in [3.05, 3.63) is 99.9 Å². The van der Waals surface area contributed by atoms with Gasteiger partial charge in [0, 0.05) is 43.7 Å². The maximum absolute atomic E-state index is 10.5. The van der Waals surface area contributed by atoms with E-state index < -0.39 is 5.41 Å². The summed E-state index contributed by atoms with van der Waals surface area (Å²) in [4.78, 5) is 37.2. The molecule has 0 bridgehead atoms. The second kappa shape index (κ2) is 15.0. The number of allylic oxidation sites excluding steroid dienone is 1. The van der Waals surface area contributed by atoms with Gasteiger partial charge in [-0.05, 0) is 92.2 Å². The summed E-state index contributed by atoms with van der Waals surface area (Å²) >= 11 is 0. The van der Waals surface area contributed by atoms with E-state index in [-0.39, 0.29) is 5.92 Å². The van der Waals surface area contributed by atoms with Crippen LogP contribution in [-0.2, 0) is 10.2 Å². The summed E-state index contributed by atoms with van der Waals surface area (Å²) in [7, 11) is 3.75. The van der Waals surface area contributed by atoms with Crippen molar-refractivity contribution in [1.82, 2.24) is 9.97 Å². The largest absolute Gasteiger partial charge is 0.432 e. The van der Waals surface area contributed by atoms with Crippen molar-refractivity contribution >= 4 is 29.9 Å². The Bertz CT molecular complexity index is 1570. The van der Waals surface area contributed by atoms with Crippen LogP contribution in [0.15, 0.2) is 72.1 Å². The number of rotatable bonds is 7. The van der Waals surface area contributed by atoms with Gasteiger partial charge in [0.1, 0.15) is 30.5 Å². The number of hydrogen-bond donors (Lipinski definition) is 2. The molecule has 3 heterocycles. The molecule has 5 rings (SSSR count). The minimum Gasteiger partial charge on any atom is -0.388 e. The normalized spacial score (nSPS) is 15.0. The number of pyridine rings is 2. The lowest BCUT2D eigenvalue weighted by Gasteiger charge is -2.13. The first-order chi connectivity index (χ1) is 20.2. The summed E-state index contributed by atoms with van der Waals surface area (Å²) in [5.74, 6) is 1.85. The van der Waals surface area contributed by atoms with Crippen molar-refractivity contribution in [2.75, 3.05) is 24.7 Å². The molecule has 1 aliphatic carbocycles. The number of hydrogen-bond acceptors (Lipinski definition) is 8. The molecule has 1 unspecified atom stereocenters. The van der Waals surface area contributed by atoms with Crippen molar-refractivity contribution in [3.8, 4) is 12.1 Å². The average Bonchev–Trinajstić information content (AvgIpc) is 3.89. The van der Waals surface area contributed by atoms with E-state index in [0.717, 1.165) is 42.5 Å². The van der Waals surface area contributed by atoms with Crippen LogP contribution in [0.5, 0.6) is 0 Å². The van der Waals surface area contributed by atoms with E-state index in [1.165, 1.54) is 17.3 Å². The molecule has 0 radical (unpaired) electrons. The van der Waals surface area contributed by atoms with Gasteiger partial charge in [0.05, 0.1) is 22.7 Å². The molecule has 1 atom stereocenters. The van der Waals surface area contributed by atoms with Gasteiger partial charge in [0.15, 0.2) is 6.07 Å². The number of nitrogens with one attached hydrogen (secondary N) is 2. The van der Waals surface area contributed by atoms with Crippen LogP contribution >= 0.6 is 0 Å². The molecule has 1 aliphatic heterocycles. The molecule has 1 fully saturated rings. The minimum absolute atomic E-state index is 0.0230. The van der Waals surface area contributed by atoms with E-state index in [9.17, 15) is 9.59 Å². The number of carbonyl (C=O) groups is 2. The summed E-state index contributed by atoms with van der Waals surface area (Å²) in [5.41, 5.74) is 4.89. The molecule has 2 aliphatic rings. The highest BCUT2D eigenvalue weighted by Crippen LogP contribution is 2.26. The third-order valence-corrected chi connectivity index (χ3v) is 6.62. The smallest absolute Gasteiger partial charge is 0.388 e. The van der Waals surface area contributed by atoms with Crippen molar-refractivity contribution in [1.29, 1.82) is 5.26 Å². The lowest BCUT2D eigenvalue weighted by atomic mass is 9.90. The number of benzene rings is 1. The van der Waals surface area contributed by atoms with Crippen LogP contribution in [0.1, 0.15) is 65.3 Å². The molecule has 2 aromatic heterocycles. The molecular weight excluding hydrogens is 526 g/mol. The van der Waals surface area contributed by atoms with Crippen LogP contribution in [0.25, 0.3) is 4.85 Å². The van der Waals surface area contributed by atoms with Crippen LogP contribution in [0.2, 0.25) is 0 Å². The number of carbonyl (C=O) groups excluding carboxylic acids is 2. The molecule has 42 heavy (non-hydrogen) atoms. The zero-order chi connectivity index (χ0) is 30.5. The first-order valence-corrected chi connectivity index (χ1v) is 13.7. The van der Waals surface area contributed by atoms with Gasteiger partial charge in [0.2, 0.25) is 0 Å². The van der Waals surface area contributed by atoms with Crippen molar-refractivity contribution in [2.24, 2.45) is 10.9 Å². The molecule has 0 amide bonds. The van der Waals surface area contributed by atoms with E-state index in [1.54, 1.807) is 38.4 Å². The van der Waals surface area contributed by atoms with E-state index in [0.29, 0.717) is 23.0 Å². The molecule has 0 spiro atoms. The number of amidine groups is 1. The fourth-order valence-corrected chi connectivity index (χ4v) is 3.70. The SMILES string of the molecule is CC(C)(C#N)c1cc(C=O)ccn1.CNc1ccc(C)c(C2C#[N+]C(c3ccnc(NC)c3)=NC=C2)c1.O=CC1CC1. The summed E-state index contributed by atoms with van der Waals surface area (Å²) in [5, 5.41) is 15.0. The van der Waals surface area contributed by atoms with Gasteiger partial charge in [-0.3, -0.25) is 9.78 Å². The van der Waals surface area contributed by atoms with E-state index >= 15 is 0 Å². The Balaban J connectivity index is 0.000000223. The number of anilines is 2. The minimum atomic E-state index is -0.640. The predicted molar refractivity (Wildman–Crippen MR) is 167 cm³/mol. The van der Waals surface area contributed by atoms with Gasteiger partial charge < -0.3 is 15.4 Å². The number of nitriles is 1. The van der Waals surface area contributed by atoms with Crippen molar-refractivity contribution < 1.29 is 9.59 Å². The summed E-state index contributed by atoms with van der Waals surface area (Å²) in [6, 6.07) is 18.7. The Morgan fingerprint density at radius 1 is 1.05 bits per heavy atom. The van der Waals surface area contributed by atoms with Gasteiger partial charge in [-0.25, -0.2) is 4.98 Å². The second-order valence-electron chi connectivity index (χ2n) is 10.3. The molecule has 1 saturated carbocycles. The maximum Gasteiger partial charge on any atom is 0.432 e. The quantitative estimate of drug-likeness (QED) is 0.331. The summed E-state index contributed by atoms with van der Waals surface area (Å²) < 4.78 is 0. The Labute approximate surface area is 247 Å². The van der Waals surface area contributed by atoms with E-state index in [4.69, 9.17) is 5.26 Å². The second-order valence-corrected chi connectivity index (χ2v) is 10.3. The van der Waals surface area contributed by atoms with Crippen LogP contribution < -0.4 is 10.6 Å². The molecular formula is C33H36N7O2+. The zero-order valence-corrected chi connectivity index (χ0v) is 24.6. The monoisotopic (exact) mass is 562 g/mol. The van der Waals surface area contributed by atoms with Crippen molar-refractivity contribution in [3.63, 3.8) is 0 Å². The van der Waals surface area contributed by atoms with Crippen LogP contribution in [-0.4, -0.2) is 42.5 Å². The zero-order valence-electron chi connectivity index (χ0n) is 24.6. The first kappa shape index (κ1) is 31.4. The van der Waals surface area contributed by atoms with E-state index in [1.807, 2.05) is 32.3 Å². The fraction of sp³-hybridized carbons (Fsp3) is 0.303. The average molecular weight is 563 g/mol. The Morgan fingerprint density at radius 3 is 2.43 bits per heavy atom. The highest BCUT2D eigenvalue weighted by atomic mass is 16.1. The Hall–Kier alpha value is -5.15. The molecule has 0 saturated heterocycles. The molecule has 214 valence electrons. The highest BCUT2D eigenvalue weighted by molar-refractivity contribution is 6.07. The lowest BCUT2D eigenvalue weighted by molar-refractivity contribution is -0.108. The topological polar surface area (TPSA) is 124 Å². The molecule has 9 heteroatoms. The number of aldehydes is 2. The van der Waals surface area contributed by atoms with Gasteiger partial charge >= 0.3 is 5.84 Å². The Kier molecular flexibility index (Phi) is 11.2. The molecule has 9 nitrogen and oxygen atoms in total. The molecule has 3 aromatic rings. The summed E-state index contributed by atoms with van der Waals surface area (Å²) in [6.45, 7) is 5.63. The van der Waals surface area contributed by atoms with Gasteiger partial charge in [0.25, 0.3) is 0 Å². The van der Waals surface area contributed by atoms with Gasteiger partial charge in [-0.2, -0.15) is 10.1 Å². The van der Waals surface area contributed by atoms with Crippen LogP contribution in [0.3, 0.4) is 0 Å². The number of aryl methyl sites for hydroxylation is 1. The number of aliphatic imine (C=N–C) groups is 1. The number of aromatic nitrogens is 2. The standard InChI is InChI=1S/C19H20N5.C10H10N2O.C4H6O/c1-13-4-5-16(20-2)11-17(13)15-7-9-23-19(24-12-15)14-6-8-22-18(10-14)21-3;1-10(2,7-11)9-5-8(6-13)3-4-12-9;5-3-4-1-2-4/h4-11,15,20H,1-3H3,(H,21,22);3-6H,1-2H3;3-4H,1-2H2/q+1;;. The predicted octanol–water partition coefficient (Wildman–Crippen LogP) is 6.15. The summed E-state index contributed by atoms with van der Waals surface area (Å²) in [6.07, 6.45) is 11.2. The molecule has 1 aromatic carbocycles. The molecule has 2 N–H and O–H groups in total. The Morgan fingerprint density at radius 2 is 1.81 bits per heavy atom. The van der Waals surface area contributed by atoms with Gasteiger partial charge in [-0.1, -0.05) is 6.07 Å². The third kappa shape index (κ3) is 8.94. The fourth-order valence-electron chi connectivity index (χ4n) is 3.70. The third-order valence-electron chi connectivity index (χ3n) is 6.62. The van der Waals surface area contributed by atoms with Crippen molar-refractivity contribution in [2.45, 2.75) is 44.9 Å². The van der Waals surface area contributed by atoms with Crippen LogP contribution in [0.4, 0.5) is 11.5 Å². The highest BCUT2D eigenvalue weighted by Gasteiger charge is 2.22. The van der Waals surface area contributed by atoms with Gasteiger partial charge in [-0.15, -0.1) is 0 Å². The lowest BCUT2D eigenvalue weighted by Crippen LogP contribution is -2.16. The van der Waals surface area contributed by atoms with Crippen LogP contribution in [0, 0.1) is 30.2 Å². The maximum atomic E-state index is 10.5. The first-order valence-electron chi connectivity index (χ1n) is 13.7. The number of nitrogens with zero attached hydrogens (tertiary/aromatic N) is 5.